The number of thiophene rings is 1. The van der Waals surface area contributed by atoms with E-state index in [9.17, 15) is 5.11 Å². The molecule has 0 saturated carbocycles. The SMILES string of the molecule is NCC(CO)(Cc1ccc(Cl)s1)c1ccccc1. The van der Waals surface area contributed by atoms with E-state index in [0.717, 1.165) is 14.8 Å². The lowest BCUT2D eigenvalue weighted by molar-refractivity contribution is 0.197. The minimum Gasteiger partial charge on any atom is -0.395 e. The summed E-state index contributed by atoms with van der Waals surface area (Å²) in [6, 6.07) is 13.8. The second kappa shape index (κ2) is 5.85. The maximum atomic E-state index is 9.79. The van der Waals surface area contributed by atoms with Gasteiger partial charge in [-0.3, -0.25) is 0 Å². The average Bonchev–Trinajstić information content (AvgIpc) is 2.82. The molecule has 2 rings (SSSR count). The largest absolute Gasteiger partial charge is 0.395 e. The summed E-state index contributed by atoms with van der Waals surface area (Å²) in [5.41, 5.74) is 6.56. The molecule has 0 aliphatic heterocycles. The van der Waals surface area contributed by atoms with Crippen molar-refractivity contribution in [3.63, 3.8) is 0 Å². The number of benzene rings is 1. The van der Waals surface area contributed by atoms with E-state index >= 15 is 0 Å². The van der Waals surface area contributed by atoms with Crippen LogP contribution in [0.2, 0.25) is 4.34 Å². The number of hydrogen-bond acceptors (Lipinski definition) is 3. The van der Waals surface area contributed by atoms with Crippen molar-refractivity contribution in [2.75, 3.05) is 13.2 Å². The fourth-order valence-electron chi connectivity index (χ4n) is 2.08. The maximum Gasteiger partial charge on any atom is 0.0931 e. The maximum absolute atomic E-state index is 9.79. The molecule has 2 nitrogen and oxygen atoms in total. The fourth-order valence-corrected chi connectivity index (χ4v) is 3.31. The number of aliphatic hydroxyl groups is 1. The molecule has 0 amide bonds. The van der Waals surface area contributed by atoms with Gasteiger partial charge < -0.3 is 10.8 Å². The first-order chi connectivity index (χ1) is 8.70. The van der Waals surface area contributed by atoms with Gasteiger partial charge >= 0.3 is 0 Å². The van der Waals surface area contributed by atoms with Crippen molar-refractivity contribution in [3.8, 4) is 0 Å². The van der Waals surface area contributed by atoms with Crippen molar-refractivity contribution in [1.82, 2.24) is 0 Å². The zero-order chi connectivity index (χ0) is 13.0. The third kappa shape index (κ3) is 2.75. The minimum atomic E-state index is -0.421. The van der Waals surface area contributed by atoms with E-state index in [1.165, 1.54) is 11.3 Å². The molecule has 0 radical (unpaired) electrons. The highest BCUT2D eigenvalue weighted by Crippen LogP contribution is 2.31. The number of hydrogen-bond donors (Lipinski definition) is 2. The van der Waals surface area contributed by atoms with Gasteiger partial charge in [0.25, 0.3) is 0 Å². The van der Waals surface area contributed by atoms with Crippen LogP contribution in [0.5, 0.6) is 0 Å². The Morgan fingerprint density at radius 2 is 1.89 bits per heavy atom. The summed E-state index contributed by atoms with van der Waals surface area (Å²) >= 11 is 7.49. The van der Waals surface area contributed by atoms with Gasteiger partial charge in [0.15, 0.2) is 0 Å². The molecule has 2 aromatic rings. The summed E-state index contributed by atoms with van der Waals surface area (Å²) in [5, 5.41) is 9.79. The molecule has 96 valence electrons. The molecule has 3 N–H and O–H groups in total. The van der Waals surface area contributed by atoms with Gasteiger partial charge in [0.2, 0.25) is 0 Å². The monoisotopic (exact) mass is 281 g/mol. The topological polar surface area (TPSA) is 46.2 Å². The Bertz CT molecular complexity index is 494. The Labute approximate surface area is 116 Å². The minimum absolute atomic E-state index is 0.0308. The zero-order valence-electron chi connectivity index (χ0n) is 9.97. The van der Waals surface area contributed by atoms with Crippen LogP contribution in [-0.4, -0.2) is 18.3 Å². The highest BCUT2D eigenvalue weighted by atomic mass is 35.5. The summed E-state index contributed by atoms with van der Waals surface area (Å²) in [5.74, 6) is 0. The standard InChI is InChI=1S/C14H16ClNOS/c15-13-7-6-12(18-13)8-14(9-16,10-17)11-4-2-1-3-5-11/h1-7,17H,8-10,16H2. The van der Waals surface area contributed by atoms with Crippen molar-refractivity contribution in [1.29, 1.82) is 0 Å². The van der Waals surface area contributed by atoms with Crippen LogP contribution in [0.25, 0.3) is 0 Å². The number of halogens is 1. The van der Waals surface area contributed by atoms with Crippen LogP contribution in [0.1, 0.15) is 10.4 Å². The molecule has 18 heavy (non-hydrogen) atoms. The molecule has 1 unspecified atom stereocenters. The lowest BCUT2D eigenvalue weighted by atomic mass is 9.78. The lowest BCUT2D eigenvalue weighted by Gasteiger charge is -2.30. The molecule has 4 heteroatoms. The van der Waals surface area contributed by atoms with E-state index in [1.54, 1.807) is 0 Å². The van der Waals surface area contributed by atoms with E-state index in [0.29, 0.717) is 13.0 Å². The third-order valence-corrected chi connectivity index (χ3v) is 4.45. The second-order valence-corrected chi connectivity index (χ2v) is 6.19. The molecule has 0 spiro atoms. The molecule has 0 aliphatic rings. The van der Waals surface area contributed by atoms with E-state index in [-0.39, 0.29) is 6.61 Å². The van der Waals surface area contributed by atoms with Crippen molar-refractivity contribution >= 4 is 22.9 Å². The molecular weight excluding hydrogens is 266 g/mol. The van der Waals surface area contributed by atoms with Crippen LogP contribution in [0, 0.1) is 0 Å². The van der Waals surface area contributed by atoms with Gasteiger partial charge in [-0.15, -0.1) is 11.3 Å². The summed E-state index contributed by atoms with van der Waals surface area (Å²) in [4.78, 5) is 1.14. The van der Waals surface area contributed by atoms with Crippen LogP contribution < -0.4 is 5.73 Å². The fraction of sp³-hybridized carbons (Fsp3) is 0.286. The van der Waals surface area contributed by atoms with Gasteiger partial charge in [0.05, 0.1) is 10.9 Å². The van der Waals surface area contributed by atoms with Crippen molar-refractivity contribution < 1.29 is 5.11 Å². The first-order valence-corrected chi connectivity index (χ1v) is 7.00. The molecule has 0 aliphatic carbocycles. The Kier molecular flexibility index (Phi) is 4.40. The first kappa shape index (κ1) is 13.6. The Hall–Kier alpha value is -0.870. The molecule has 0 saturated heterocycles. The number of nitrogens with two attached hydrogens (primary N) is 1. The van der Waals surface area contributed by atoms with Gasteiger partial charge in [0, 0.05) is 16.8 Å². The second-order valence-electron chi connectivity index (χ2n) is 4.39. The summed E-state index contributed by atoms with van der Waals surface area (Å²) in [7, 11) is 0. The Morgan fingerprint density at radius 3 is 2.39 bits per heavy atom. The Morgan fingerprint density at radius 1 is 1.17 bits per heavy atom. The van der Waals surface area contributed by atoms with E-state index in [4.69, 9.17) is 17.3 Å². The van der Waals surface area contributed by atoms with Crippen LogP contribution in [0.3, 0.4) is 0 Å². The molecule has 1 aromatic carbocycles. The molecule has 1 atom stereocenters. The van der Waals surface area contributed by atoms with Crippen LogP contribution in [-0.2, 0) is 11.8 Å². The van der Waals surface area contributed by atoms with Crippen molar-refractivity contribution in [3.05, 3.63) is 57.2 Å². The average molecular weight is 282 g/mol. The van der Waals surface area contributed by atoms with E-state index in [1.807, 2.05) is 42.5 Å². The molecule has 0 bridgehead atoms. The zero-order valence-corrected chi connectivity index (χ0v) is 11.5. The molecule has 1 aromatic heterocycles. The highest BCUT2D eigenvalue weighted by molar-refractivity contribution is 7.16. The summed E-state index contributed by atoms with van der Waals surface area (Å²) in [6.45, 7) is 0.437. The van der Waals surface area contributed by atoms with Gasteiger partial charge in [0.1, 0.15) is 0 Å². The van der Waals surface area contributed by atoms with Gasteiger partial charge in [-0.25, -0.2) is 0 Å². The third-order valence-electron chi connectivity index (χ3n) is 3.22. The quantitative estimate of drug-likeness (QED) is 0.885. The van der Waals surface area contributed by atoms with Crippen LogP contribution in [0.4, 0.5) is 0 Å². The molecular formula is C14H16ClNOS. The van der Waals surface area contributed by atoms with Crippen LogP contribution >= 0.6 is 22.9 Å². The van der Waals surface area contributed by atoms with Gasteiger partial charge in [-0.2, -0.15) is 0 Å². The van der Waals surface area contributed by atoms with E-state index < -0.39 is 5.41 Å². The summed E-state index contributed by atoms with van der Waals surface area (Å²) < 4.78 is 0.766. The normalized spacial score (nSPS) is 14.4. The van der Waals surface area contributed by atoms with E-state index in [2.05, 4.69) is 0 Å². The smallest absolute Gasteiger partial charge is 0.0931 e. The number of aliphatic hydroxyl groups excluding tert-OH is 1. The lowest BCUT2D eigenvalue weighted by Crippen LogP contribution is -2.40. The van der Waals surface area contributed by atoms with Gasteiger partial charge in [-0.1, -0.05) is 41.9 Å². The predicted molar refractivity (Wildman–Crippen MR) is 77.3 cm³/mol. The number of rotatable bonds is 5. The molecule has 0 fully saturated rings. The van der Waals surface area contributed by atoms with Crippen LogP contribution in [0.15, 0.2) is 42.5 Å². The van der Waals surface area contributed by atoms with Crippen molar-refractivity contribution in [2.24, 2.45) is 5.73 Å². The van der Waals surface area contributed by atoms with Crippen molar-refractivity contribution in [2.45, 2.75) is 11.8 Å². The highest BCUT2D eigenvalue weighted by Gasteiger charge is 2.30. The summed E-state index contributed by atoms with van der Waals surface area (Å²) in [6.07, 6.45) is 0.710. The predicted octanol–water partition coefficient (Wildman–Crippen LogP) is 2.83. The van der Waals surface area contributed by atoms with Gasteiger partial charge in [-0.05, 0) is 24.1 Å². The Balaban J connectivity index is 2.32. The molecule has 1 heterocycles. The first-order valence-electron chi connectivity index (χ1n) is 5.81.